The Morgan fingerprint density at radius 3 is 2.46 bits per heavy atom. The molecule has 0 aliphatic carbocycles. The van der Waals surface area contributed by atoms with Gasteiger partial charge in [0.2, 0.25) is 11.8 Å². The molecule has 2 amide bonds. The van der Waals surface area contributed by atoms with Crippen molar-refractivity contribution in [2.24, 2.45) is 0 Å². The van der Waals surface area contributed by atoms with Crippen molar-refractivity contribution in [3.8, 4) is 5.75 Å². The summed E-state index contributed by atoms with van der Waals surface area (Å²) in [6.45, 7) is 3.95. The van der Waals surface area contributed by atoms with Gasteiger partial charge in [-0.2, -0.15) is 0 Å². The SMILES string of the molecule is CC(=O)N1CCCN(C(=O)CC(c2cccc(Cl)c2)c2ccccc2O)CC1. The van der Waals surface area contributed by atoms with E-state index in [0.717, 1.165) is 12.0 Å². The van der Waals surface area contributed by atoms with Crippen LogP contribution in [-0.2, 0) is 9.59 Å². The molecule has 3 rings (SSSR count). The third kappa shape index (κ3) is 4.84. The molecule has 1 aliphatic heterocycles. The van der Waals surface area contributed by atoms with Crippen LogP contribution in [0, 0.1) is 0 Å². The number of carbonyl (C=O) groups excluding carboxylic acids is 2. The lowest BCUT2D eigenvalue weighted by molar-refractivity contribution is -0.132. The molecular weight excluding hydrogens is 376 g/mol. The predicted octanol–water partition coefficient (Wildman–Crippen LogP) is 3.65. The minimum atomic E-state index is -0.292. The fourth-order valence-corrected chi connectivity index (χ4v) is 3.90. The maximum atomic E-state index is 13.1. The number of rotatable bonds is 4. The van der Waals surface area contributed by atoms with Crippen LogP contribution in [0.1, 0.15) is 36.8 Å². The first-order valence-electron chi connectivity index (χ1n) is 9.52. The summed E-state index contributed by atoms with van der Waals surface area (Å²) in [5, 5.41) is 11.0. The van der Waals surface area contributed by atoms with Crippen molar-refractivity contribution >= 4 is 23.4 Å². The number of halogens is 1. The zero-order valence-corrected chi connectivity index (χ0v) is 16.7. The van der Waals surface area contributed by atoms with E-state index in [2.05, 4.69) is 0 Å². The highest BCUT2D eigenvalue weighted by Gasteiger charge is 2.26. The average molecular weight is 401 g/mol. The van der Waals surface area contributed by atoms with Crippen molar-refractivity contribution in [3.63, 3.8) is 0 Å². The van der Waals surface area contributed by atoms with Gasteiger partial charge in [0.05, 0.1) is 0 Å². The molecular formula is C22H25ClN2O3. The highest BCUT2D eigenvalue weighted by molar-refractivity contribution is 6.30. The molecule has 6 heteroatoms. The zero-order valence-electron chi connectivity index (χ0n) is 16.0. The minimum absolute atomic E-state index is 0.0126. The van der Waals surface area contributed by atoms with E-state index in [1.54, 1.807) is 30.0 Å². The summed E-state index contributed by atoms with van der Waals surface area (Å²) in [5.74, 6) is -0.0719. The van der Waals surface area contributed by atoms with Crippen molar-refractivity contribution in [1.82, 2.24) is 9.80 Å². The number of phenols is 1. The van der Waals surface area contributed by atoms with Crippen molar-refractivity contribution in [3.05, 3.63) is 64.7 Å². The topological polar surface area (TPSA) is 60.9 Å². The molecule has 28 heavy (non-hydrogen) atoms. The fourth-order valence-electron chi connectivity index (χ4n) is 3.70. The van der Waals surface area contributed by atoms with Crippen molar-refractivity contribution in [1.29, 1.82) is 0 Å². The number of hydrogen-bond donors (Lipinski definition) is 1. The monoisotopic (exact) mass is 400 g/mol. The van der Waals surface area contributed by atoms with Crippen LogP contribution < -0.4 is 0 Å². The Bertz CT molecular complexity index is 855. The molecule has 2 aromatic rings. The minimum Gasteiger partial charge on any atom is -0.508 e. The highest BCUT2D eigenvalue weighted by Crippen LogP contribution is 2.35. The first-order chi connectivity index (χ1) is 13.5. The molecule has 5 nitrogen and oxygen atoms in total. The van der Waals surface area contributed by atoms with Gasteiger partial charge in [-0.05, 0) is 30.2 Å². The molecule has 1 N–H and O–H groups in total. The standard InChI is InChI=1S/C22H25ClN2O3/c1-16(26)24-10-5-11-25(13-12-24)22(28)15-20(17-6-4-7-18(23)14-17)19-8-2-3-9-21(19)27/h2-4,6-9,14,20,27H,5,10-13,15H2,1H3. The van der Waals surface area contributed by atoms with Gasteiger partial charge in [-0.3, -0.25) is 9.59 Å². The summed E-state index contributed by atoms with van der Waals surface area (Å²) in [6, 6.07) is 14.5. The Balaban J connectivity index is 1.82. The van der Waals surface area contributed by atoms with Crippen LogP contribution in [0.3, 0.4) is 0 Å². The summed E-state index contributed by atoms with van der Waals surface area (Å²) >= 11 is 6.17. The van der Waals surface area contributed by atoms with Crippen molar-refractivity contribution in [2.45, 2.75) is 25.7 Å². The molecule has 0 spiro atoms. The van der Waals surface area contributed by atoms with Gasteiger partial charge in [-0.15, -0.1) is 0 Å². The first kappa shape index (κ1) is 20.2. The van der Waals surface area contributed by atoms with E-state index < -0.39 is 0 Å². The van der Waals surface area contributed by atoms with E-state index in [1.165, 1.54) is 0 Å². The normalized spacial score (nSPS) is 15.8. The molecule has 1 fully saturated rings. The van der Waals surface area contributed by atoms with Crippen LogP contribution in [0.15, 0.2) is 48.5 Å². The van der Waals surface area contributed by atoms with E-state index in [9.17, 15) is 14.7 Å². The fraction of sp³-hybridized carbons (Fsp3) is 0.364. The Kier molecular flexibility index (Phi) is 6.57. The quantitative estimate of drug-likeness (QED) is 0.852. The van der Waals surface area contributed by atoms with E-state index in [-0.39, 0.29) is 29.9 Å². The number of para-hydroxylation sites is 1. The summed E-state index contributed by atoms with van der Waals surface area (Å²) in [6.07, 6.45) is 1.00. The molecule has 2 aromatic carbocycles. The molecule has 0 radical (unpaired) electrons. The van der Waals surface area contributed by atoms with Crippen LogP contribution in [0.4, 0.5) is 0 Å². The molecule has 1 saturated heterocycles. The summed E-state index contributed by atoms with van der Waals surface area (Å²) in [5.41, 5.74) is 1.60. The summed E-state index contributed by atoms with van der Waals surface area (Å²) < 4.78 is 0. The maximum Gasteiger partial charge on any atom is 0.223 e. The number of aromatic hydroxyl groups is 1. The van der Waals surface area contributed by atoms with Crippen LogP contribution >= 0.6 is 11.6 Å². The van der Waals surface area contributed by atoms with E-state index >= 15 is 0 Å². The van der Waals surface area contributed by atoms with Gasteiger partial charge in [0.15, 0.2) is 0 Å². The average Bonchev–Trinajstić information content (AvgIpc) is 2.93. The third-order valence-electron chi connectivity index (χ3n) is 5.24. The number of carbonyl (C=O) groups is 2. The van der Waals surface area contributed by atoms with Gasteiger partial charge >= 0.3 is 0 Å². The van der Waals surface area contributed by atoms with Gasteiger partial charge in [0.25, 0.3) is 0 Å². The van der Waals surface area contributed by atoms with Gasteiger partial charge in [0, 0.05) is 56.0 Å². The van der Waals surface area contributed by atoms with Crippen LogP contribution in [0.2, 0.25) is 5.02 Å². The van der Waals surface area contributed by atoms with Gasteiger partial charge in [0.1, 0.15) is 5.75 Å². The van der Waals surface area contributed by atoms with E-state index in [4.69, 9.17) is 11.6 Å². The zero-order chi connectivity index (χ0) is 20.1. The Morgan fingerprint density at radius 1 is 1.04 bits per heavy atom. The number of hydrogen-bond acceptors (Lipinski definition) is 3. The second kappa shape index (κ2) is 9.11. The van der Waals surface area contributed by atoms with E-state index in [0.29, 0.717) is 36.8 Å². The Morgan fingerprint density at radius 2 is 1.75 bits per heavy atom. The molecule has 0 saturated carbocycles. The van der Waals surface area contributed by atoms with Gasteiger partial charge in [-0.25, -0.2) is 0 Å². The summed E-state index contributed by atoms with van der Waals surface area (Å²) in [4.78, 5) is 28.3. The van der Waals surface area contributed by atoms with Crippen molar-refractivity contribution in [2.75, 3.05) is 26.2 Å². The molecule has 1 heterocycles. The maximum absolute atomic E-state index is 13.1. The Hall–Kier alpha value is -2.53. The van der Waals surface area contributed by atoms with Crippen LogP contribution in [0.25, 0.3) is 0 Å². The van der Waals surface area contributed by atoms with Gasteiger partial charge < -0.3 is 14.9 Å². The smallest absolute Gasteiger partial charge is 0.223 e. The number of nitrogens with zero attached hydrogens (tertiary/aromatic N) is 2. The number of phenolic OH excluding ortho intramolecular Hbond substituents is 1. The van der Waals surface area contributed by atoms with Crippen LogP contribution in [0.5, 0.6) is 5.75 Å². The second-order valence-electron chi connectivity index (χ2n) is 7.11. The molecule has 1 unspecified atom stereocenters. The lowest BCUT2D eigenvalue weighted by atomic mass is 9.87. The lowest BCUT2D eigenvalue weighted by Gasteiger charge is -2.25. The number of benzene rings is 2. The molecule has 148 valence electrons. The molecule has 1 atom stereocenters. The largest absolute Gasteiger partial charge is 0.508 e. The van der Waals surface area contributed by atoms with E-state index in [1.807, 2.05) is 35.2 Å². The third-order valence-corrected chi connectivity index (χ3v) is 5.47. The molecule has 1 aliphatic rings. The predicted molar refractivity (Wildman–Crippen MR) is 109 cm³/mol. The summed E-state index contributed by atoms with van der Waals surface area (Å²) in [7, 11) is 0. The first-order valence-corrected chi connectivity index (χ1v) is 9.90. The molecule has 0 bridgehead atoms. The second-order valence-corrected chi connectivity index (χ2v) is 7.55. The number of amides is 2. The Labute approximate surface area is 170 Å². The highest BCUT2D eigenvalue weighted by atomic mass is 35.5. The molecule has 0 aromatic heterocycles. The lowest BCUT2D eigenvalue weighted by Crippen LogP contribution is -2.37. The van der Waals surface area contributed by atoms with Crippen LogP contribution in [-0.4, -0.2) is 52.9 Å². The van der Waals surface area contributed by atoms with Gasteiger partial charge in [-0.1, -0.05) is 41.9 Å². The van der Waals surface area contributed by atoms with Crippen molar-refractivity contribution < 1.29 is 14.7 Å².